The number of rotatable bonds is 5. The number of hydrogen-bond acceptors (Lipinski definition) is 6. The van der Waals surface area contributed by atoms with Gasteiger partial charge >= 0.3 is 6.18 Å². The van der Waals surface area contributed by atoms with Gasteiger partial charge in [-0.3, -0.25) is 4.90 Å². The van der Waals surface area contributed by atoms with Crippen molar-refractivity contribution in [2.75, 3.05) is 49.6 Å². The summed E-state index contributed by atoms with van der Waals surface area (Å²) in [5.74, 6) is 1.46. The van der Waals surface area contributed by atoms with Crippen LogP contribution in [0.1, 0.15) is 17.5 Å². The lowest BCUT2D eigenvalue weighted by atomic mass is 10.1. The Morgan fingerprint density at radius 1 is 1.14 bits per heavy atom. The van der Waals surface area contributed by atoms with Gasteiger partial charge in [0.05, 0.1) is 18.8 Å². The Labute approximate surface area is 167 Å². The smallest absolute Gasteiger partial charge is 0.378 e. The molecule has 0 bridgehead atoms. The number of benzene rings is 1. The van der Waals surface area contributed by atoms with Gasteiger partial charge in [0.2, 0.25) is 5.95 Å². The second-order valence-corrected chi connectivity index (χ2v) is 7.40. The molecule has 6 nitrogen and oxygen atoms in total. The summed E-state index contributed by atoms with van der Waals surface area (Å²) in [4.78, 5) is 13.2. The van der Waals surface area contributed by atoms with Crippen LogP contribution in [0.2, 0.25) is 0 Å². The summed E-state index contributed by atoms with van der Waals surface area (Å²) in [6.07, 6.45) is -1.65. The number of aromatic nitrogens is 2. The summed E-state index contributed by atoms with van der Waals surface area (Å²) in [6, 6.07) is 7.61. The molecule has 9 heteroatoms. The Hall–Kier alpha value is -2.39. The standard InChI is InChI=1S/C20H24F3N5O/c21-20(22,23)16-3-1-2-15(12-16)13-27-7-5-17(14-27)25-18-4-6-24-19(26-18)28-8-10-29-11-9-28/h1-4,6,12,17H,5,7-11,13-14H2,(H,24,25,26). The predicted octanol–water partition coefficient (Wildman–Crippen LogP) is 3.02. The number of ether oxygens (including phenoxy) is 1. The minimum atomic E-state index is -4.31. The Kier molecular flexibility index (Phi) is 5.86. The fraction of sp³-hybridized carbons (Fsp3) is 0.500. The molecule has 1 unspecified atom stereocenters. The van der Waals surface area contributed by atoms with Crippen LogP contribution in [-0.2, 0) is 17.5 Å². The number of alkyl halides is 3. The lowest BCUT2D eigenvalue weighted by molar-refractivity contribution is -0.137. The minimum absolute atomic E-state index is 0.202. The van der Waals surface area contributed by atoms with Gasteiger partial charge in [-0.2, -0.15) is 18.2 Å². The molecule has 2 aliphatic rings. The first-order chi connectivity index (χ1) is 14.0. The van der Waals surface area contributed by atoms with Crippen molar-refractivity contribution in [1.29, 1.82) is 0 Å². The first-order valence-electron chi connectivity index (χ1n) is 9.78. The average Bonchev–Trinajstić information content (AvgIpc) is 3.15. The predicted molar refractivity (Wildman–Crippen MR) is 104 cm³/mol. The first kappa shape index (κ1) is 19.9. The van der Waals surface area contributed by atoms with E-state index >= 15 is 0 Å². The highest BCUT2D eigenvalue weighted by Gasteiger charge is 2.31. The van der Waals surface area contributed by atoms with Crippen LogP contribution in [0.4, 0.5) is 24.9 Å². The average molecular weight is 407 g/mol. The van der Waals surface area contributed by atoms with Gasteiger partial charge in [-0.1, -0.05) is 18.2 Å². The van der Waals surface area contributed by atoms with Crippen LogP contribution in [0, 0.1) is 0 Å². The fourth-order valence-corrected chi connectivity index (χ4v) is 3.75. The third kappa shape index (κ3) is 5.16. The molecule has 1 aromatic heterocycles. The Morgan fingerprint density at radius 2 is 1.97 bits per heavy atom. The highest BCUT2D eigenvalue weighted by molar-refractivity contribution is 5.42. The fourth-order valence-electron chi connectivity index (χ4n) is 3.75. The zero-order chi connectivity index (χ0) is 20.3. The van der Waals surface area contributed by atoms with Crippen molar-refractivity contribution >= 4 is 11.8 Å². The molecule has 1 aromatic carbocycles. The molecule has 3 heterocycles. The Morgan fingerprint density at radius 3 is 2.76 bits per heavy atom. The number of likely N-dealkylation sites (tertiary alicyclic amines) is 1. The number of halogens is 3. The second-order valence-electron chi connectivity index (χ2n) is 7.40. The molecule has 2 aromatic rings. The molecule has 0 aliphatic carbocycles. The van der Waals surface area contributed by atoms with Crippen molar-refractivity contribution in [2.45, 2.75) is 25.2 Å². The zero-order valence-corrected chi connectivity index (χ0v) is 16.0. The summed E-state index contributed by atoms with van der Waals surface area (Å²) in [5, 5.41) is 3.44. The SMILES string of the molecule is FC(F)(F)c1cccc(CN2CCC(Nc3ccnc(N4CCOCC4)n3)C2)c1. The minimum Gasteiger partial charge on any atom is -0.378 e. The van der Waals surface area contributed by atoms with E-state index < -0.39 is 11.7 Å². The van der Waals surface area contributed by atoms with Crippen molar-refractivity contribution < 1.29 is 17.9 Å². The van der Waals surface area contributed by atoms with Crippen LogP contribution in [0.15, 0.2) is 36.5 Å². The number of nitrogens with one attached hydrogen (secondary N) is 1. The van der Waals surface area contributed by atoms with Crippen molar-refractivity contribution in [3.8, 4) is 0 Å². The third-order valence-electron chi connectivity index (χ3n) is 5.22. The summed E-state index contributed by atoms with van der Waals surface area (Å²) in [7, 11) is 0. The molecule has 0 radical (unpaired) electrons. The summed E-state index contributed by atoms with van der Waals surface area (Å²) in [6.45, 7) is 4.99. The molecular formula is C20H24F3N5O. The van der Waals surface area contributed by atoms with E-state index in [-0.39, 0.29) is 6.04 Å². The Balaban J connectivity index is 1.34. The molecule has 1 atom stereocenters. The monoisotopic (exact) mass is 407 g/mol. The van der Waals surface area contributed by atoms with Crippen LogP contribution in [-0.4, -0.2) is 60.3 Å². The molecule has 2 aliphatic heterocycles. The van der Waals surface area contributed by atoms with Gasteiger partial charge in [-0.05, 0) is 24.1 Å². The van der Waals surface area contributed by atoms with E-state index in [0.717, 1.165) is 44.5 Å². The molecule has 2 fully saturated rings. The highest BCUT2D eigenvalue weighted by atomic mass is 19.4. The quantitative estimate of drug-likeness (QED) is 0.823. The molecule has 2 saturated heterocycles. The summed E-state index contributed by atoms with van der Waals surface area (Å²) >= 11 is 0. The van der Waals surface area contributed by atoms with Gasteiger partial charge < -0.3 is 15.0 Å². The maximum Gasteiger partial charge on any atom is 0.416 e. The lowest BCUT2D eigenvalue weighted by Gasteiger charge is -2.27. The largest absolute Gasteiger partial charge is 0.416 e. The van der Waals surface area contributed by atoms with Crippen LogP contribution in [0.3, 0.4) is 0 Å². The molecule has 0 spiro atoms. The molecule has 0 saturated carbocycles. The van der Waals surface area contributed by atoms with Crippen molar-refractivity contribution in [3.05, 3.63) is 47.7 Å². The van der Waals surface area contributed by atoms with Crippen molar-refractivity contribution in [2.24, 2.45) is 0 Å². The number of anilines is 2. The summed E-state index contributed by atoms with van der Waals surface area (Å²) < 4.78 is 44.1. The maximum absolute atomic E-state index is 12.9. The van der Waals surface area contributed by atoms with Crippen molar-refractivity contribution in [1.82, 2.24) is 14.9 Å². The number of nitrogens with zero attached hydrogens (tertiary/aromatic N) is 4. The van der Waals surface area contributed by atoms with Crippen molar-refractivity contribution in [3.63, 3.8) is 0 Å². The molecule has 156 valence electrons. The van der Waals surface area contributed by atoms with Crippen LogP contribution < -0.4 is 10.2 Å². The zero-order valence-electron chi connectivity index (χ0n) is 16.0. The maximum atomic E-state index is 12.9. The van der Waals surface area contributed by atoms with E-state index in [0.29, 0.717) is 31.3 Å². The van der Waals surface area contributed by atoms with E-state index in [9.17, 15) is 13.2 Å². The van der Waals surface area contributed by atoms with Crippen LogP contribution >= 0.6 is 0 Å². The van der Waals surface area contributed by atoms with Gasteiger partial charge in [-0.15, -0.1) is 0 Å². The highest BCUT2D eigenvalue weighted by Crippen LogP contribution is 2.30. The lowest BCUT2D eigenvalue weighted by Crippen LogP contribution is -2.37. The number of morpholine rings is 1. The van der Waals surface area contributed by atoms with E-state index in [1.54, 1.807) is 12.3 Å². The van der Waals surface area contributed by atoms with Gasteiger partial charge in [-0.25, -0.2) is 4.98 Å². The molecule has 4 rings (SSSR count). The summed E-state index contributed by atoms with van der Waals surface area (Å²) in [5.41, 5.74) is 0.0811. The molecule has 0 amide bonds. The van der Waals surface area contributed by atoms with E-state index in [4.69, 9.17) is 4.74 Å². The van der Waals surface area contributed by atoms with Crippen LogP contribution in [0.5, 0.6) is 0 Å². The first-order valence-corrected chi connectivity index (χ1v) is 9.78. The molecular weight excluding hydrogens is 383 g/mol. The molecule has 1 N–H and O–H groups in total. The number of hydrogen-bond donors (Lipinski definition) is 1. The van der Waals surface area contributed by atoms with E-state index in [2.05, 4.69) is 25.1 Å². The molecule has 29 heavy (non-hydrogen) atoms. The van der Waals surface area contributed by atoms with Crippen LogP contribution in [0.25, 0.3) is 0 Å². The topological polar surface area (TPSA) is 53.5 Å². The Bertz CT molecular complexity index is 826. The van der Waals surface area contributed by atoms with Gasteiger partial charge in [0.25, 0.3) is 0 Å². The van der Waals surface area contributed by atoms with Gasteiger partial charge in [0, 0.05) is 45.0 Å². The second kappa shape index (κ2) is 8.54. The third-order valence-corrected chi connectivity index (χ3v) is 5.22. The van der Waals surface area contributed by atoms with Gasteiger partial charge in [0.15, 0.2) is 0 Å². The van der Waals surface area contributed by atoms with E-state index in [1.165, 1.54) is 12.1 Å². The van der Waals surface area contributed by atoms with Gasteiger partial charge in [0.1, 0.15) is 5.82 Å². The normalized spacial score (nSPS) is 20.8. The van der Waals surface area contributed by atoms with E-state index in [1.807, 2.05) is 6.07 Å².